The van der Waals surface area contributed by atoms with Crippen LogP contribution in [0.25, 0.3) is 0 Å². The summed E-state index contributed by atoms with van der Waals surface area (Å²) in [5.41, 5.74) is 0. The zero-order valence-corrected chi connectivity index (χ0v) is 15.3. The van der Waals surface area contributed by atoms with Gasteiger partial charge in [-0.25, -0.2) is 0 Å². The summed E-state index contributed by atoms with van der Waals surface area (Å²) >= 11 is 0. The molecule has 5 nitrogen and oxygen atoms in total. The van der Waals surface area contributed by atoms with Gasteiger partial charge in [-0.15, -0.1) is 0 Å². The molecule has 0 aliphatic heterocycles. The monoisotopic (exact) mass is 354 g/mol. The fraction of sp³-hybridized carbons (Fsp3) is 0.750. The molecule has 5 atom stereocenters. The molecular weight excluding hydrogens is 320 g/mol. The van der Waals surface area contributed by atoms with Gasteiger partial charge in [0.25, 0.3) is 0 Å². The normalized spacial score (nSPS) is 28.2. The van der Waals surface area contributed by atoms with E-state index >= 15 is 0 Å². The predicted octanol–water partition coefficient (Wildman–Crippen LogP) is 3.04. The van der Waals surface area contributed by atoms with E-state index in [4.69, 9.17) is 5.11 Å². The van der Waals surface area contributed by atoms with Crippen molar-refractivity contribution in [3.8, 4) is 0 Å². The Morgan fingerprint density at radius 2 is 1.92 bits per heavy atom. The van der Waals surface area contributed by atoms with E-state index in [1.54, 1.807) is 6.08 Å². The number of allylic oxidation sites excluding steroid dienone is 2. The summed E-state index contributed by atoms with van der Waals surface area (Å²) in [7, 11) is 0. The van der Waals surface area contributed by atoms with Gasteiger partial charge >= 0.3 is 5.97 Å². The summed E-state index contributed by atoms with van der Waals surface area (Å²) in [5.74, 6) is -1.00. The van der Waals surface area contributed by atoms with Gasteiger partial charge in [-0.05, 0) is 31.6 Å². The highest BCUT2D eigenvalue weighted by molar-refractivity contribution is 5.66. The Hall–Kier alpha value is -1.17. The predicted molar refractivity (Wildman–Crippen MR) is 98.1 cm³/mol. The van der Waals surface area contributed by atoms with E-state index in [1.165, 1.54) is 0 Å². The smallest absolute Gasteiger partial charge is 0.303 e. The van der Waals surface area contributed by atoms with Crippen LogP contribution in [0.4, 0.5) is 0 Å². The molecule has 1 rings (SSSR count). The Balaban J connectivity index is 2.46. The molecule has 0 saturated heterocycles. The first-order chi connectivity index (χ1) is 12.0. The lowest BCUT2D eigenvalue weighted by atomic mass is 9.89. The number of unbranched alkanes of at least 4 members (excludes halogenated alkanes) is 3. The number of rotatable bonds is 12. The number of carboxylic acids is 1. The highest BCUT2D eigenvalue weighted by Gasteiger charge is 2.39. The van der Waals surface area contributed by atoms with Crippen LogP contribution in [0, 0.1) is 11.8 Å². The molecule has 0 aromatic heterocycles. The quantitative estimate of drug-likeness (QED) is 0.319. The molecule has 4 N–H and O–H groups in total. The highest BCUT2D eigenvalue weighted by atomic mass is 16.4. The molecule has 1 aliphatic rings. The van der Waals surface area contributed by atoms with Gasteiger partial charge in [0, 0.05) is 18.8 Å². The molecule has 0 unspecified atom stereocenters. The Bertz CT molecular complexity index is 432. The summed E-state index contributed by atoms with van der Waals surface area (Å²) in [4.78, 5) is 10.5. The van der Waals surface area contributed by atoms with Crippen molar-refractivity contribution < 1.29 is 25.2 Å². The Morgan fingerprint density at radius 1 is 1.16 bits per heavy atom. The van der Waals surface area contributed by atoms with Crippen molar-refractivity contribution in [3.05, 3.63) is 24.3 Å². The highest BCUT2D eigenvalue weighted by Crippen LogP contribution is 2.36. The fourth-order valence-electron chi connectivity index (χ4n) is 3.41. The first-order valence-electron chi connectivity index (χ1n) is 9.55. The van der Waals surface area contributed by atoms with Crippen molar-refractivity contribution in [1.29, 1.82) is 0 Å². The Kier molecular flexibility index (Phi) is 10.7. The van der Waals surface area contributed by atoms with E-state index in [1.807, 2.05) is 18.2 Å². The fourth-order valence-corrected chi connectivity index (χ4v) is 3.41. The van der Waals surface area contributed by atoms with Crippen LogP contribution in [-0.4, -0.2) is 44.7 Å². The van der Waals surface area contributed by atoms with E-state index in [2.05, 4.69) is 6.92 Å². The van der Waals surface area contributed by atoms with Crippen LogP contribution in [0.2, 0.25) is 0 Å². The second-order valence-corrected chi connectivity index (χ2v) is 7.05. The van der Waals surface area contributed by atoms with Crippen molar-refractivity contribution >= 4 is 5.97 Å². The molecule has 1 saturated carbocycles. The van der Waals surface area contributed by atoms with Crippen LogP contribution < -0.4 is 0 Å². The molecule has 5 heteroatoms. The maximum Gasteiger partial charge on any atom is 0.303 e. The zero-order valence-electron chi connectivity index (χ0n) is 15.3. The van der Waals surface area contributed by atoms with Gasteiger partial charge in [0.05, 0.1) is 18.3 Å². The molecular formula is C20H34O5. The van der Waals surface area contributed by atoms with E-state index in [0.717, 1.165) is 25.7 Å². The van der Waals surface area contributed by atoms with E-state index in [0.29, 0.717) is 25.7 Å². The summed E-state index contributed by atoms with van der Waals surface area (Å²) in [6, 6.07) is 0. The lowest BCUT2D eigenvalue weighted by molar-refractivity contribution is -0.137. The largest absolute Gasteiger partial charge is 0.481 e. The van der Waals surface area contributed by atoms with Gasteiger partial charge in [-0.3, -0.25) is 4.79 Å². The number of aliphatic carboxylic acids is 1. The van der Waals surface area contributed by atoms with Crippen molar-refractivity contribution in [2.24, 2.45) is 11.8 Å². The number of aliphatic hydroxyl groups excluding tert-OH is 3. The minimum absolute atomic E-state index is 0.0650. The lowest BCUT2D eigenvalue weighted by Gasteiger charge is -2.19. The van der Waals surface area contributed by atoms with Crippen molar-refractivity contribution in [3.63, 3.8) is 0 Å². The van der Waals surface area contributed by atoms with Crippen LogP contribution in [0.15, 0.2) is 24.3 Å². The summed E-state index contributed by atoms with van der Waals surface area (Å²) in [6.07, 6.45) is 12.3. The molecule has 1 fully saturated rings. The van der Waals surface area contributed by atoms with Crippen molar-refractivity contribution in [1.82, 2.24) is 0 Å². The van der Waals surface area contributed by atoms with Gasteiger partial charge in [0.1, 0.15) is 0 Å². The molecule has 1 aliphatic carbocycles. The topological polar surface area (TPSA) is 98.0 Å². The third kappa shape index (κ3) is 8.66. The second kappa shape index (κ2) is 12.2. The first-order valence-corrected chi connectivity index (χ1v) is 9.55. The van der Waals surface area contributed by atoms with Crippen LogP contribution >= 0.6 is 0 Å². The average molecular weight is 354 g/mol. The number of hydrogen-bond acceptors (Lipinski definition) is 4. The molecule has 0 aromatic rings. The van der Waals surface area contributed by atoms with Crippen LogP contribution in [0.1, 0.15) is 64.7 Å². The molecule has 0 aromatic carbocycles. The number of aliphatic hydroxyl groups is 3. The van der Waals surface area contributed by atoms with Crippen molar-refractivity contribution in [2.45, 2.75) is 83.0 Å². The summed E-state index contributed by atoms with van der Waals surface area (Å²) in [5, 5.41) is 39.0. The summed E-state index contributed by atoms with van der Waals surface area (Å²) < 4.78 is 0. The number of hydrogen-bond donors (Lipinski definition) is 4. The van der Waals surface area contributed by atoms with Crippen LogP contribution in [0.3, 0.4) is 0 Å². The van der Waals surface area contributed by atoms with E-state index < -0.39 is 24.3 Å². The third-order valence-corrected chi connectivity index (χ3v) is 4.91. The molecule has 0 radical (unpaired) electrons. The molecule has 0 amide bonds. The number of carboxylic acid groups (broad SMARTS) is 1. The average Bonchev–Trinajstić information content (AvgIpc) is 2.82. The maximum absolute atomic E-state index is 10.5. The minimum Gasteiger partial charge on any atom is -0.481 e. The second-order valence-electron chi connectivity index (χ2n) is 7.05. The molecule has 25 heavy (non-hydrogen) atoms. The lowest BCUT2D eigenvalue weighted by Crippen LogP contribution is -2.20. The van der Waals surface area contributed by atoms with Gasteiger partial charge in [-0.1, -0.05) is 50.5 Å². The van der Waals surface area contributed by atoms with Gasteiger partial charge < -0.3 is 20.4 Å². The van der Waals surface area contributed by atoms with Crippen LogP contribution in [0.5, 0.6) is 0 Å². The Labute approximate surface area is 151 Å². The molecule has 0 heterocycles. The molecule has 144 valence electrons. The molecule has 0 spiro atoms. The zero-order chi connectivity index (χ0) is 18.7. The van der Waals surface area contributed by atoms with E-state index in [9.17, 15) is 20.1 Å². The van der Waals surface area contributed by atoms with Gasteiger partial charge in [0.15, 0.2) is 0 Å². The maximum atomic E-state index is 10.5. The SMILES string of the molecule is CCCCC[C@H](O)/C=C/[C@@H]1[C@H](C/C=C/CCCC(=O)O)[C@H](O)C[C@H]1O. The van der Waals surface area contributed by atoms with Crippen LogP contribution in [-0.2, 0) is 4.79 Å². The van der Waals surface area contributed by atoms with Gasteiger partial charge in [-0.2, -0.15) is 0 Å². The third-order valence-electron chi connectivity index (χ3n) is 4.91. The summed E-state index contributed by atoms with van der Waals surface area (Å²) in [6.45, 7) is 2.12. The Morgan fingerprint density at radius 3 is 2.60 bits per heavy atom. The van der Waals surface area contributed by atoms with Gasteiger partial charge in [0.2, 0.25) is 0 Å². The standard InChI is InChI=1S/C20H34O5/c1-2-3-6-9-15(21)12-13-17-16(18(22)14-19(17)23)10-7-4-5-8-11-20(24)25/h4,7,12-13,15-19,21-23H,2-3,5-6,8-11,14H2,1H3,(H,24,25)/b7-4+,13-12+/t15-,16-,17+,18+,19+/m0/s1. The first kappa shape index (κ1) is 21.9. The van der Waals surface area contributed by atoms with Crippen molar-refractivity contribution in [2.75, 3.05) is 0 Å². The number of carbonyl (C=O) groups is 1. The molecule has 0 bridgehead atoms. The minimum atomic E-state index is -0.787. The van der Waals surface area contributed by atoms with E-state index in [-0.39, 0.29) is 18.3 Å².